The molecule has 0 aliphatic carbocycles. The number of aromatic nitrogens is 4. The van der Waals surface area contributed by atoms with Gasteiger partial charge in [0, 0.05) is 6.20 Å². The molecule has 3 rings (SSSR count). The van der Waals surface area contributed by atoms with E-state index in [0.717, 1.165) is 16.7 Å². The number of aryl methyl sites for hydroxylation is 1. The minimum absolute atomic E-state index is 0.925. The molecule has 0 atom stereocenters. The van der Waals surface area contributed by atoms with E-state index < -0.39 is 0 Å². The van der Waals surface area contributed by atoms with Gasteiger partial charge in [-0.25, -0.2) is 14.5 Å². The number of imidazole rings is 1. The first kappa shape index (κ1) is 7.44. The largest absolute Gasteiger partial charge is 0.315 e. The minimum atomic E-state index is 0.925. The SMILES string of the molecule is C[n+]1ccn2cnc3cccnc3c21. The summed E-state index contributed by atoms with van der Waals surface area (Å²) in [6.07, 6.45) is 7.55. The third-order valence-corrected chi connectivity index (χ3v) is 2.35. The van der Waals surface area contributed by atoms with Gasteiger partial charge in [-0.3, -0.25) is 0 Å². The van der Waals surface area contributed by atoms with Crippen molar-refractivity contribution in [2.24, 2.45) is 7.05 Å². The molecule has 0 bridgehead atoms. The summed E-state index contributed by atoms with van der Waals surface area (Å²) in [7, 11) is 2.00. The lowest BCUT2D eigenvalue weighted by molar-refractivity contribution is -0.643. The summed E-state index contributed by atoms with van der Waals surface area (Å²) in [5.41, 5.74) is 2.92. The van der Waals surface area contributed by atoms with E-state index in [1.54, 1.807) is 12.5 Å². The molecule has 4 nitrogen and oxygen atoms in total. The number of rotatable bonds is 0. The van der Waals surface area contributed by atoms with Gasteiger partial charge in [0.1, 0.15) is 17.9 Å². The van der Waals surface area contributed by atoms with Gasteiger partial charge in [-0.15, -0.1) is 0 Å². The predicted molar refractivity (Wildman–Crippen MR) is 51.7 cm³/mol. The molecule has 3 aromatic heterocycles. The summed E-state index contributed by atoms with van der Waals surface area (Å²) in [4.78, 5) is 8.65. The van der Waals surface area contributed by atoms with Crippen molar-refractivity contribution in [2.45, 2.75) is 0 Å². The average molecular weight is 185 g/mol. The topological polar surface area (TPSA) is 34.1 Å². The van der Waals surface area contributed by atoms with Crippen molar-refractivity contribution in [1.82, 2.24) is 14.4 Å². The predicted octanol–water partition coefficient (Wildman–Crippen LogP) is 0.707. The van der Waals surface area contributed by atoms with Crippen molar-refractivity contribution in [3.8, 4) is 0 Å². The van der Waals surface area contributed by atoms with Crippen LogP contribution in [0.25, 0.3) is 16.7 Å². The van der Waals surface area contributed by atoms with Crippen molar-refractivity contribution in [3.63, 3.8) is 0 Å². The highest BCUT2D eigenvalue weighted by atomic mass is 15.1. The zero-order valence-corrected chi connectivity index (χ0v) is 7.75. The van der Waals surface area contributed by atoms with Crippen LogP contribution in [-0.4, -0.2) is 14.4 Å². The van der Waals surface area contributed by atoms with Crippen molar-refractivity contribution < 1.29 is 4.57 Å². The van der Waals surface area contributed by atoms with E-state index >= 15 is 0 Å². The molecule has 0 saturated heterocycles. The van der Waals surface area contributed by atoms with Crippen molar-refractivity contribution in [2.75, 3.05) is 0 Å². The fourth-order valence-electron chi connectivity index (χ4n) is 1.68. The van der Waals surface area contributed by atoms with Gasteiger partial charge in [-0.2, -0.15) is 4.40 Å². The maximum atomic E-state index is 4.34. The number of fused-ring (bicyclic) bond motifs is 3. The van der Waals surface area contributed by atoms with Crippen LogP contribution in [0.4, 0.5) is 0 Å². The van der Waals surface area contributed by atoms with E-state index in [1.807, 2.05) is 40.5 Å². The van der Waals surface area contributed by atoms with Crippen LogP contribution in [-0.2, 0) is 7.05 Å². The second kappa shape index (κ2) is 2.51. The highest BCUT2D eigenvalue weighted by molar-refractivity contribution is 5.84. The Morgan fingerprint density at radius 3 is 3.21 bits per heavy atom. The lowest BCUT2D eigenvalue weighted by Gasteiger charge is -1.94. The van der Waals surface area contributed by atoms with Crippen LogP contribution in [0.1, 0.15) is 0 Å². The molecule has 14 heavy (non-hydrogen) atoms. The Balaban J connectivity index is 2.65. The van der Waals surface area contributed by atoms with E-state index in [4.69, 9.17) is 0 Å². The molecule has 68 valence electrons. The summed E-state index contributed by atoms with van der Waals surface area (Å²) >= 11 is 0. The van der Waals surface area contributed by atoms with E-state index in [-0.39, 0.29) is 0 Å². The molecule has 0 aliphatic rings. The summed E-state index contributed by atoms with van der Waals surface area (Å²) < 4.78 is 4.01. The molecule has 0 amide bonds. The molecule has 0 unspecified atom stereocenters. The molecule has 4 heteroatoms. The Morgan fingerprint density at radius 1 is 1.36 bits per heavy atom. The van der Waals surface area contributed by atoms with Gasteiger partial charge < -0.3 is 0 Å². The van der Waals surface area contributed by atoms with E-state index in [0.29, 0.717) is 0 Å². The molecule has 3 aromatic rings. The van der Waals surface area contributed by atoms with Crippen LogP contribution in [0.2, 0.25) is 0 Å². The Labute approximate surface area is 80.5 Å². The van der Waals surface area contributed by atoms with E-state index in [1.165, 1.54) is 0 Å². The fraction of sp³-hybridized carbons (Fsp3) is 0.100. The summed E-state index contributed by atoms with van der Waals surface area (Å²) in [6, 6.07) is 3.87. The third kappa shape index (κ3) is 0.849. The zero-order chi connectivity index (χ0) is 9.54. The summed E-state index contributed by atoms with van der Waals surface area (Å²) in [5.74, 6) is 0. The zero-order valence-electron chi connectivity index (χ0n) is 7.75. The number of hydrogen-bond donors (Lipinski definition) is 0. The highest BCUT2D eigenvalue weighted by Gasteiger charge is 2.11. The Bertz CT molecular complexity index is 612. The lowest BCUT2D eigenvalue weighted by Crippen LogP contribution is -2.26. The smallest absolute Gasteiger partial charge is 0.246 e. The van der Waals surface area contributed by atoms with Crippen molar-refractivity contribution in [3.05, 3.63) is 37.1 Å². The first-order valence-corrected chi connectivity index (χ1v) is 4.42. The number of pyridine rings is 1. The van der Waals surface area contributed by atoms with E-state index in [9.17, 15) is 0 Å². The number of nitrogens with zero attached hydrogens (tertiary/aromatic N) is 4. The lowest BCUT2D eigenvalue weighted by atomic mass is 10.3. The molecule has 0 radical (unpaired) electrons. The second-order valence-electron chi connectivity index (χ2n) is 3.26. The Kier molecular flexibility index (Phi) is 1.33. The van der Waals surface area contributed by atoms with Crippen LogP contribution in [0.5, 0.6) is 0 Å². The van der Waals surface area contributed by atoms with Crippen LogP contribution in [0, 0.1) is 0 Å². The Hall–Kier alpha value is -1.97. The molecular formula is C10H9N4+. The quantitative estimate of drug-likeness (QED) is 0.483. The van der Waals surface area contributed by atoms with Crippen molar-refractivity contribution in [1.29, 1.82) is 0 Å². The average Bonchev–Trinajstić information content (AvgIpc) is 2.61. The second-order valence-corrected chi connectivity index (χ2v) is 3.26. The fourth-order valence-corrected chi connectivity index (χ4v) is 1.68. The molecule has 0 saturated carbocycles. The molecule has 3 heterocycles. The number of hydrogen-bond acceptors (Lipinski definition) is 2. The van der Waals surface area contributed by atoms with Crippen LogP contribution < -0.4 is 4.57 Å². The maximum absolute atomic E-state index is 4.34. The van der Waals surface area contributed by atoms with Crippen LogP contribution in [0.3, 0.4) is 0 Å². The summed E-state index contributed by atoms with van der Waals surface area (Å²) in [5, 5.41) is 0. The maximum Gasteiger partial charge on any atom is 0.315 e. The molecule has 0 spiro atoms. The Morgan fingerprint density at radius 2 is 2.29 bits per heavy atom. The van der Waals surface area contributed by atoms with Crippen LogP contribution in [0.15, 0.2) is 37.1 Å². The normalized spacial score (nSPS) is 11.2. The van der Waals surface area contributed by atoms with Gasteiger partial charge in [0.25, 0.3) is 0 Å². The molecular weight excluding hydrogens is 176 g/mol. The monoisotopic (exact) mass is 185 g/mol. The van der Waals surface area contributed by atoms with Gasteiger partial charge >= 0.3 is 5.65 Å². The van der Waals surface area contributed by atoms with Gasteiger partial charge in [0.15, 0.2) is 11.8 Å². The standard InChI is InChI=1S/C10H9N4/c1-13-5-6-14-7-12-8-3-2-4-11-9(8)10(13)14/h2-7H,1H3/q+1. The van der Waals surface area contributed by atoms with Crippen molar-refractivity contribution >= 4 is 16.7 Å². The van der Waals surface area contributed by atoms with Gasteiger partial charge in [-0.05, 0) is 12.1 Å². The highest BCUT2D eigenvalue weighted by Crippen LogP contribution is 2.10. The molecule has 0 aliphatic heterocycles. The first-order chi connectivity index (χ1) is 6.86. The molecule has 0 aromatic carbocycles. The van der Waals surface area contributed by atoms with Crippen LogP contribution >= 0.6 is 0 Å². The van der Waals surface area contributed by atoms with Gasteiger partial charge in [0.05, 0.1) is 7.05 Å². The summed E-state index contributed by atoms with van der Waals surface area (Å²) in [6.45, 7) is 0. The van der Waals surface area contributed by atoms with Gasteiger partial charge in [-0.1, -0.05) is 0 Å². The molecule has 0 N–H and O–H groups in total. The third-order valence-electron chi connectivity index (χ3n) is 2.35. The van der Waals surface area contributed by atoms with Gasteiger partial charge in [0.2, 0.25) is 0 Å². The van der Waals surface area contributed by atoms with E-state index in [2.05, 4.69) is 9.97 Å². The first-order valence-electron chi connectivity index (χ1n) is 4.42. The molecule has 0 fully saturated rings. The minimum Gasteiger partial charge on any atom is -0.246 e.